The Kier molecular flexibility index (Phi) is 6.14. The van der Waals surface area contributed by atoms with Crippen molar-refractivity contribution < 1.29 is 18.0 Å². The molecule has 0 unspecified atom stereocenters. The van der Waals surface area contributed by atoms with Crippen LogP contribution in [0.5, 0.6) is 0 Å². The predicted octanol–water partition coefficient (Wildman–Crippen LogP) is 4.80. The molecule has 1 N–H and O–H groups in total. The van der Waals surface area contributed by atoms with Gasteiger partial charge in [-0.15, -0.1) is 0 Å². The van der Waals surface area contributed by atoms with Crippen LogP contribution < -0.4 is 10.2 Å². The average molecular weight is 458 g/mol. The molecule has 33 heavy (non-hydrogen) atoms. The molecular weight excluding hydrogens is 431 g/mol. The molecule has 1 aliphatic rings. The first-order valence-electron chi connectivity index (χ1n) is 10.8. The number of hydrogen-bond donors (Lipinski definition) is 1. The largest absolute Gasteiger partial charge is 0.416 e. The molecule has 3 heterocycles. The highest BCUT2D eigenvalue weighted by Gasteiger charge is 2.33. The number of piperazine rings is 1. The molecule has 0 bridgehead atoms. The van der Waals surface area contributed by atoms with Crippen LogP contribution in [0, 0.1) is 6.92 Å². The second-order valence-corrected chi connectivity index (χ2v) is 8.29. The summed E-state index contributed by atoms with van der Waals surface area (Å²) in [6.45, 7) is 7.56. The fourth-order valence-corrected chi connectivity index (χ4v) is 4.33. The van der Waals surface area contributed by atoms with Gasteiger partial charge in [0.05, 0.1) is 17.3 Å². The van der Waals surface area contributed by atoms with Crippen LogP contribution in [0.25, 0.3) is 10.9 Å². The number of benzene rings is 1. The lowest BCUT2D eigenvalue weighted by Gasteiger charge is -2.35. The van der Waals surface area contributed by atoms with E-state index in [2.05, 4.69) is 20.2 Å². The summed E-state index contributed by atoms with van der Waals surface area (Å²) in [4.78, 5) is 24.4. The van der Waals surface area contributed by atoms with Crippen LogP contribution in [0.3, 0.4) is 0 Å². The van der Waals surface area contributed by atoms with Crippen molar-refractivity contribution in [3.05, 3.63) is 59.4 Å². The number of alkyl halides is 3. The van der Waals surface area contributed by atoms with Crippen molar-refractivity contribution in [1.82, 2.24) is 14.9 Å². The van der Waals surface area contributed by atoms with Crippen LogP contribution in [0.2, 0.25) is 0 Å². The fourth-order valence-electron chi connectivity index (χ4n) is 4.33. The van der Waals surface area contributed by atoms with Gasteiger partial charge >= 0.3 is 6.18 Å². The monoisotopic (exact) mass is 457 g/mol. The first-order chi connectivity index (χ1) is 15.6. The molecule has 2 aromatic heterocycles. The third-order valence-electron chi connectivity index (χ3n) is 6.18. The van der Waals surface area contributed by atoms with Gasteiger partial charge in [0.15, 0.2) is 0 Å². The Balaban J connectivity index is 1.61. The Labute approximate surface area is 190 Å². The van der Waals surface area contributed by atoms with E-state index in [1.807, 2.05) is 24.0 Å². The zero-order valence-corrected chi connectivity index (χ0v) is 18.8. The first kappa shape index (κ1) is 22.8. The van der Waals surface area contributed by atoms with Crippen molar-refractivity contribution in [1.29, 1.82) is 0 Å². The molecule has 4 rings (SSSR count). The smallest absolute Gasteiger partial charge is 0.378 e. The predicted molar refractivity (Wildman–Crippen MR) is 122 cm³/mol. The molecule has 1 fully saturated rings. The summed E-state index contributed by atoms with van der Waals surface area (Å²) in [5.41, 5.74) is 1.65. The zero-order valence-electron chi connectivity index (χ0n) is 18.8. The molecular formula is C24H26F3N5O. The maximum Gasteiger partial charge on any atom is 0.416 e. The van der Waals surface area contributed by atoms with Crippen molar-refractivity contribution >= 4 is 28.3 Å². The highest BCUT2D eigenvalue weighted by atomic mass is 19.4. The number of carbonyl (C=O) groups excluding carboxylic acids is 1. The van der Waals surface area contributed by atoms with Crippen LogP contribution in [-0.2, 0) is 11.0 Å². The molecule has 0 radical (unpaired) electrons. The summed E-state index contributed by atoms with van der Waals surface area (Å²) in [7, 11) is 0. The number of rotatable bonds is 4. The number of nitrogens with one attached hydrogen (secondary N) is 1. The van der Waals surface area contributed by atoms with Crippen molar-refractivity contribution in [3.8, 4) is 0 Å². The van der Waals surface area contributed by atoms with Crippen LogP contribution in [0.4, 0.5) is 24.7 Å². The van der Waals surface area contributed by atoms with Gasteiger partial charge in [-0.2, -0.15) is 13.2 Å². The molecule has 1 atom stereocenters. The summed E-state index contributed by atoms with van der Waals surface area (Å²) in [6, 6.07) is 7.67. The van der Waals surface area contributed by atoms with Gasteiger partial charge in [0.2, 0.25) is 5.91 Å². The van der Waals surface area contributed by atoms with Gasteiger partial charge < -0.3 is 15.1 Å². The molecule has 174 valence electrons. The van der Waals surface area contributed by atoms with Crippen LogP contribution >= 0.6 is 0 Å². The Hall–Kier alpha value is -3.36. The lowest BCUT2D eigenvalue weighted by Crippen LogP contribution is -2.48. The average Bonchev–Trinajstić information content (AvgIpc) is 2.78. The third-order valence-corrected chi connectivity index (χ3v) is 6.18. The van der Waals surface area contributed by atoms with Crippen molar-refractivity contribution in [3.63, 3.8) is 0 Å². The first-order valence-corrected chi connectivity index (χ1v) is 10.8. The van der Waals surface area contributed by atoms with E-state index in [0.717, 1.165) is 23.0 Å². The minimum Gasteiger partial charge on any atom is -0.378 e. The molecule has 0 spiro atoms. The van der Waals surface area contributed by atoms with Crippen molar-refractivity contribution in [2.75, 3.05) is 36.4 Å². The molecule has 1 aromatic carbocycles. The molecule has 0 saturated carbocycles. The lowest BCUT2D eigenvalue weighted by molar-refractivity contribution is -0.138. The summed E-state index contributed by atoms with van der Waals surface area (Å²) in [5, 5.41) is 4.21. The summed E-state index contributed by atoms with van der Waals surface area (Å²) >= 11 is 0. The number of pyridine rings is 2. The van der Waals surface area contributed by atoms with Crippen LogP contribution in [0.1, 0.15) is 36.6 Å². The van der Waals surface area contributed by atoms with E-state index in [1.165, 1.54) is 13.0 Å². The maximum atomic E-state index is 13.4. The minimum atomic E-state index is -4.39. The number of nitrogens with zero attached hydrogens (tertiary/aromatic N) is 4. The van der Waals surface area contributed by atoms with Gasteiger partial charge in [0.1, 0.15) is 5.82 Å². The number of anilines is 2. The highest BCUT2D eigenvalue weighted by molar-refractivity contribution is 5.92. The highest BCUT2D eigenvalue weighted by Crippen LogP contribution is 2.36. The minimum absolute atomic E-state index is 0.0654. The standard InChI is InChI=1S/C24H26F3N5O/c1-15-18(5-4-6-20(15)24(25,26)27)16(2)30-21-7-8-28-22-14-29-23(13-19(21)22)32-11-9-31(10-12-32)17(3)33/h4-8,13-14,16H,9-12H2,1-3H3,(H,28,30)/t16-/m1/s1. The second-order valence-electron chi connectivity index (χ2n) is 8.29. The normalized spacial score (nSPS) is 15.6. The van der Waals surface area contributed by atoms with Crippen LogP contribution in [0.15, 0.2) is 42.7 Å². The van der Waals surface area contributed by atoms with Crippen molar-refractivity contribution in [2.45, 2.75) is 33.0 Å². The number of carbonyl (C=O) groups is 1. The van der Waals surface area contributed by atoms with Gasteiger partial charge in [-0.05, 0) is 43.2 Å². The number of fused-ring (bicyclic) bond motifs is 1. The number of hydrogen-bond acceptors (Lipinski definition) is 5. The molecule has 1 saturated heterocycles. The molecule has 9 heteroatoms. The Bertz CT molecular complexity index is 1170. The summed E-state index contributed by atoms with van der Waals surface area (Å²) in [5.74, 6) is 0.848. The number of amides is 1. The topological polar surface area (TPSA) is 61.4 Å². The zero-order chi connectivity index (χ0) is 23.8. The number of aromatic nitrogens is 2. The van der Waals surface area contributed by atoms with E-state index >= 15 is 0 Å². The molecule has 1 aliphatic heterocycles. The fraction of sp³-hybridized carbons (Fsp3) is 0.375. The molecule has 6 nitrogen and oxygen atoms in total. The van der Waals surface area contributed by atoms with Crippen molar-refractivity contribution in [2.24, 2.45) is 0 Å². The molecule has 1 amide bonds. The van der Waals surface area contributed by atoms with Gasteiger partial charge in [-0.25, -0.2) is 4.98 Å². The maximum absolute atomic E-state index is 13.4. The summed E-state index contributed by atoms with van der Waals surface area (Å²) < 4.78 is 40.1. The van der Waals surface area contributed by atoms with Gasteiger partial charge in [-0.1, -0.05) is 12.1 Å². The number of halogens is 3. The summed E-state index contributed by atoms with van der Waals surface area (Å²) in [6.07, 6.45) is -1.03. The second kappa shape index (κ2) is 8.88. The molecule has 3 aromatic rings. The van der Waals surface area contributed by atoms with Gasteiger partial charge in [0, 0.05) is 56.4 Å². The third kappa shape index (κ3) is 4.72. The lowest BCUT2D eigenvalue weighted by atomic mass is 9.97. The Morgan fingerprint density at radius 1 is 1.12 bits per heavy atom. The molecule has 0 aliphatic carbocycles. The van der Waals surface area contributed by atoms with E-state index in [-0.39, 0.29) is 17.5 Å². The van der Waals surface area contributed by atoms with Crippen LogP contribution in [-0.4, -0.2) is 47.0 Å². The van der Waals surface area contributed by atoms with E-state index in [0.29, 0.717) is 37.3 Å². The van der Waals surface area contributed by atoms with E-state index in [1.54, 1.807) is 25.4 Å². The van der Waals surface area contributed by atoms with E-state index in [4.69, 9.17) is 0 Å². The van der Waals surface area contributed by atoms with E-state index < -0.39 is 11.7 Å². The Morgan fingerprint density at radius 3 is 2.52 bits per heavy atom. The SMILES string of the molecule is CC(=O)N1CCN(c2cc3c(N[C@H](C)c4cccc(C(F)(F)F)c4C)ccnc3cn2)CC1. The Morgan fingerprint density at radius 2 is 1.85 bits per heavy atom. The van der Waals surface area contributed by atoms with Gasteiger partial charge in [-0.3, -0.25) is 9.78 Å². The quantitative estimate of drug-likeness (QED) is 0.610. The van der Waals surface area contributed by atoms with Gasteiger partial charge in [0.25, 0.3) is 0 Å². The van der Waals surface area contributed by atoms with E-state index in [9.17, 15) is 18.0 Å².